The number of nitrogens with zero attached hydrogens (tertiary/aromatic N) is 1. The van der Waals surface area contributed by atoms with Crippen LogP contribution in [0, 0.1) is 11.3 Å². The van der Waals surface area contributed by atoms with Crippen LogP contribution in [0.15, 0.2) is 0 Å². The second-order valence-electron chi connectivity index (χ2n) is 3.93. The summed E-state index contributed by atoms with van der Waals surface area (Å²) in [7, 11) is 3.46. The first-order chi connectivity index (χ1) is 7.08. The Bertz CT molecular complexity index is 203. The number of methoxy groups -OCH3 is 1. The highest BCUT2D eigenvalue weighted by Gasteiger charge is 2.20. The summed E-state index contributed by atoms with van der Waals surface area (Å²) < 4.78 is 10.5. The lowest BCUT2D eigenvalue weighted by Crippen LogP contribution is -2.38. The molecular weight excluding hydrogens is 192 g/mol. The number of nitriles is 1. The molecule has 88 valence electrons. The molecule has 4 heteroatoms. The van der Waals surface area contributed by atoms with E-state index in [1.165, 1.54) is 0 Å². The minimum Gasteiger partial charge on any atom is -0.382 e. The van der Waals surface area contributed by atoms with Gasteiger partial charge < -0.3 is 14.8 Å². The number of nitrogens with one attached hydrogen (secondary N) is 1. The molecule has 0 amide bonds. The normalized spacial score (nSPS) is 16.7. The van der Waals surface area contributed by atoms with Crippen molar-refractivity contribution in [2.24, 2.45) is 0 Å². The van der Waals surface area contributed by atoms with Gasteiger partial charge in [-0.3, -0.25) is 0 Å². The number of hydrogen-bond acceptors (Lipinski definition) is 4. The largest absolute Gasteiger partial charge is 0.382 e. The summed E-state index contributed by atoms with van der Waals surface area (Å²) in [6.07, 6.45) is 1.79. The maximum atomic E-state index is 8.90. The van der Waals surface area contributed by atoms with E-state index in [2.05, 4.69) is 11.4 Å². The van der Waals surface area contributed by atoms with Crippen LogP contribution in [-0.2, 0) is 9.47 Å². The molecule has 4 nitrogen and oxygen atoms in total. The molecule has 0 aromatic heterocycles. The van der Waals surface area contributed by atoms with Gasteiger partial charge in [-0.2, -0.15) is 5.26 Å². The van der Waals surface area contributed by atoms with Crippen molar-refractivity contribution in [3.63, 3.8) is 0 Å². The van der Waals surface area contributed by atoms with Gasteiger partial charge in [-0.1, -0.05) is 0 Å². The van der Waals surface area contributed by atoms with E-state index in [0.29, 0.717) is 13.2 Å². The van der Waals surface area contributed by atoms with E-state index in [1.54, 1.807) is 14.2 Å². The van der Waals surface area contributed by atoms with Crippen molar-refractivity contribution < 1.29 is 9.47 Å². The average Bonchev–Trinajstić information content (AvgIpc) is 2.24. The third-order valence-electron chi connectivity index (χ3n) is 2.42. The lowest BCUT2D eigenvalue weighted by Gasteiger charge is -2.20. The maximum Gasteiger partial charge on any atom is 0.103 e. The van der Waals surface area contributed by atoms with Crippen LogP contribution in [0.25, 0.3) is 0 Å². The van der Waals surface area contributed by atoms with E-state index in [9.17, 15) is 0 Å². The van der Waals surface area contributed by atoms with Crippen LogP contribution in [-0.4, -0.2) is 39.0 Å². The van der Waals surface area contributed by atoms with Crippen LogP contribution < -0.4 is 5.32 Å². The summed E-state index contributed by atoms with van der Waals surface area (Å²) >= 11 is 0. The summed E-state index contributed by atoms with van der Waals surface area (Å²) in [5, 5.41) is 11.9. The molecule has 0 aliphatic carbocycles. The summed E-state index contributed by atoms with van der Waals surface area (Å²) in [6.45, 7) is 5.15. The lowest BCUT2D eigenvalue weighted by atomic mass is 9.98. The maximum absolute atomic E-state index is 8.90. The van der Waals surface area contributed by atoms with Gasteiger partial charge in [0.15, 0.2) is 0 Å². The molecule has 2 atom stereocenters. The minimum absolute atomic E-state index is 0.123. The molecule has 0 aliphatic heterocycles. The second kappa shape index (κ2) is 7.63. The molecule has 0 heterocycles. The predicted molar refractivity (Wildman–Crippen MR) is 59.6 cm³/mol. The van der Waals surface area contributed by atoms with Gasteiger partial charge in [-0.15, -0.1) is 0 Å². The molecule has 0 bridgehead atoms. The molecule has 0 fully saturated rings. The quantitative estimate of drug-likeness (QED) is 0.619. The Hall–Kier alpha value is -0.630. The third-order valence-corrected chi connectivity index (χ3v) is 2.42. The molecule has 1 N–H and O–H groups in total. The van der Waals surface area contributed by atoms with Gasteiger partial charge in [0.1, 0.15) is 5.54 Å². The SMILES string of the molecule is CNC(C)(C#N)CCCOC(C)COC. The van der Waals surface area contributed by atoms with Gasteiger partial charge in [-0.05, 0) is 33.7 Å². The van der Waals surface area contributed by atoms with Crippen molar-refractivity contribution in [3.05, 3.63) is 0 Å². The fourth-order valence-electron chi connectivity index (χ4n) is 1.23. The zero-order valence-electron chi connectivity index (χ0n) is 10.2. The van der Waals surface area contributed by atoms with Gasteiger partial charge in [-0.25, -0.2) is 0 Å². The lowest BCUT2D eigenvalue weighted by molar-refractivity contribution is 0.00667. The Labute approximate surface area is 92.6 Å². The molecule has 0 rings (SSSR count). The van der Waals surface area contributed by atoms with Crippen molar-refractivity contribution >= 4 is 0 Å². The highest BCUT2D eigenvalue weighted by molar-refractivity contribution is 5.02. The summed E-state index contributed by atoms with van der Waals surface area (Å²) in [5.74, 6) is 0. The molecule has 0 spiro atoms. The molecule has 0 radical (unpaired) electrons. The molecule has 0 aromatic rings. The number of hydrogen-bond donors (Lipinski definition) is 1. The Morgan fingerprint density at radius 3 is 2.67 bits per heavy atom. The molecule has 2 unspecified atom stereocenters. The van der Waals surface area contributed by atoms with E-state index in [4.69, 9.17) is 14.7 Å². The fourth-order valence-corrected chi connectivity index (χ4v) is 1.23. The van der Waals surface area contributed by atoms with Crippen LogP contribution in [0.1, 0.15) is 26.7 Å². The molecule has 0 saturated heterocycles. The van der Waals surface area contributed by atoms with Gasteiger partial charge in [0.25, 0.3) is 0 Å². The van der Waals surface area contributed by atoms with E-state index >= 15 is 0 Å². The Kier molecular flexibility index (Phi) is 7.31. The Morgan fingerprint density at radius 1 is 1.53 bits per heavy atom. The van der Waals surface area contributed by atoms with Crippen molar-refractivity contribution in [3.8, 4) is 6.07 Å². The van der Waals surface area contributed by atoms with Gasteiger partial charge in [0, 0.05) is 13.7 Å². The van der Waals surface area contributed by atoms with Crippen molar-refractivity contribution in [1.29, 1.82) is 5.26 Å². The van der Waals surface area contributed by atoms with Crippen LogP contribution >= 0.6 is 0 Å². The minimum atomic E-state index is -0.437. The monoisotopic (exact) mass is 214 g/mol. The van der Waals surface area contributed by atoms with E-state index in [1.807, 2.05) is 13.8 Å². The zero-order valence-corrected chi connectivity index (χ0v) is 10.2. The first-order valence-electron chi connectivity index (χ1n) is 5.28. The predicted octanol–water partition coefficient (Wildman–Crippen LogP) is 1.32. The number of rotatable bonds is 8. The second-order valence-corrected chi connectivity index (χ2v) is 3.93. The van der Waals surface area contributed by atoms with Crippen LogP contribution in [0.2, 0.25) is 0 Å². The first-order valence-corrected chi connectivity index (χ1v) is 5.28. The number of ether oxygens (including phenoxy) is 2. The van der Waals surface area contributed by atoms with Crippen molar-refractivity contribution in [2.75, 3.05) is 27.4 Å². The molecule has 0 saturated carbocycles. The highest BCUT2D eigenvalue weighted by Crippen LogP contribution is 2.10. The van der Waals surface area contributed by atoms with E-state index < -0.39 is 5.54 Å². The molecular formula is C11H22N2O2. The standard InChI is InChI=1S/C11H22N2O2/c1-10(8-14-4)15-7-5-6-11(2,9-12)13-3/h10,13H,5-8H2,1-4H3. The summed E-state index contributed by atoms with van der Waals surface area (Å²) in [5.41, 5.74) is -0.437. The highest BCUT2D eigenvalue weighted by atomic mass is 16.5. The molecule has 0 aromatic carbocycles. The molecule has 0 aliphatic rings. The molecule has 15 heavy (non-hydrogen) atoms. The van der Waals surface area contributed by atoms with Gasteiger partial charge in [0.05, 0.1) is 18.8 Å². The first kappa shape index (κ1) is 14.4. The average molecular weight is 214 g/mol. The van der Waals surface area contributed by atoms with Crippen molar-refractivity contribution in [2.45, 2.75) is 38.3 Å². The van der Waals surface area contributed by atoms with Crippen LogP contribution in [0.5, 0.6) is 0 Å². The van der Waals surface area contributed by atoms with E-state index in [-0.39, 0.29) is 6.10 Å². The van der Waals surface area contributed by atoms with Gasteiger partial charge in [0.2, 0.25) is 0 Å². The smallest absolute Gasteiger partial charge is 0.103 e. The van der Waals surface area contributed by atoms with Crippen LogP contribution in [0.4, 0.5) is 0 Å². The van der Waals surface area contributed by atoms with Crippen molar-refractivity contribution in [1.82, 2.24) is 5.32 Å². The topological polar surface area (TPSA) is 54.3 Å². The van der Waals surface area contributed by atoms with Gasteiger partial charge >= 0.3 is 0 Å². The Morgan fingerprint density at radius 2 is 2.20 bits per heavy atom. The van der Waals surface area contributed by atoms with Crippen LogP contribution in [0.3, 0.4) is 0 Å². The summed E-state index contributed by atoms with van der Waals surface area (Å²) in [6, 6.07) is 2.25. The zero-order chi connectivity index (χ0) is 11.7. The fraction of sp³-hybridized carbons (Fsp3) is 0.909. The Balaban J connectivity index is 3.58. The third kappa shape index (κ3) is 6.45. The van der Waals surface area contributed by atoms with E-state index in [0.717, 1.165) is 12.8 Å². The summed E-state index contributed by atoms with van der Waals surface area (Å²) in [4.78, 5) is 0.